The molecule has 3 aromatic carbocycles. The topological polar surface area (TPSA) is 154 Å². The van der Waals surface area contributed by atoms with Crippen molar-refractivity contribution in [2.45, 2.75) is 20.8 Å². The van der Waals surface area contributed by atoms with Crippen molar-refractivity contribution in [3.8, 4) is 0 Å². The van der Waals surface area contributed by atoms with Gasteiger partial charge in [0, 0.05) is 11.4 Å². The van der Waals surface area contributed by atoms with Gasteiger partial charge in [-0.2, -0.15) is 10.2 Å². The molecule has 0 bridgehead atoms. The molecule has 0 fully saturated rings. The summed E-state index contributed by atoms with van der Waals surface area (Å²) in [6.45, 7) is 5.72. The van der Waals surface area contributed by atoms with Crippen LogP contribution in [0.25, 0.3) is 0 Å². The molecule has 0 heterocycles. The fourth-order valence-electron chi connectivity index (χ4n) is 2.61. The van der Waals surface area contributed by atoms with Gasteiger partial charge in [0.05, 0.1) is 22.7 Å². The van der Waals surface area contributed by atoms with E-state index in [-0.39, 0.29) is 0 Å². The lowest BCUT2D eigenvalue weighted by Crippen LogP contribution is -1.93. The molecule has 3 rings (SSSR count). The summed E-state index contributed by atoms with van der Waals surface area (Å²) in [5, 5.41) is 17.1. The molecule has 0 radical (unpaired) electrons. The monoisotopic (exact) mass is 388 g/mol. The number of benzene rings is 3. The maximum Gasteiger partial charge on any atom is 0.109 e. The van der Waals surface area contributed by atoms with Crippen LogP contribution in [-0.4, -0.2) is 0 Å². The van der Waals surface area contributed by atoms with Gasteiger partial charge in [-0.05, 0) is 73.9 Å². The predicted octanol–water partition coefficient (Wildman–Crippen LogP) is 5.77. The van der Waals surface area contributed by atoms with Crippen LogP contribution in [-0.2, 0) is 0 Å². The molecule has 0 aliphatic heterocycles. The Balaban J connectivity index is 1.89. The first kappa shape index (κ1) is 19.8. The summed E-state index contributed by atoms with van der Waals surface area (Å²) in [5.74, 6) is 0. The van der Waals surface area contributed by atoms with Gasteiger partial charge < -0.3 is 22.9 Å². The Hall–Kier alpha value is -3.94. The molecule has 0 saturated heterocycles. The normalized spacial score (nSPS) is 11.6. The summed E-state index contributed by atoms with van der Waals surface area (Å²) >= 11 is 0. The highest BCUT2D eigenvalue weighted by Crippen LogP contribution is 2.33. The highest BCUT2D eigenvalue weighted by Gasteiger charge is 2.05. The van der Waals surface area contributed by atoms with Crippen LogP contribution in [0.2, 0.25) is 0 Å². The zero-order chi connectivity index (χ0) is 21.1. The molecule has 8 heteroatoms. The fourth-order valence-corrected chi connectivity index (χ4v) is 2.61. The zero-order valence-corrected chi connectivity index (χ0v) is 16.6. The SMILES string of the molecule is Cc1cc(N=Nc2ccc(C)c(N=Nc3cc(C)c(N)cc3N)c2)c(N)cc1N. The molecule has 148 valence electrons. The molecule has 0 saturated carbocycles. The van der Waals surface area contributed by atoms with Crippen molar-refractivity contribution in [2.75, 3.05) is 22.9 Å². The van der Waals surface area contributed by atoms with Crippen molar-refractivity contribution < 1.29 is 0 Å². The molecule has 0 atom stereocenters. The molecule has 0 aliphatic carbocycles. The van der Waals surface area contributed by atoms with Crippen LogP contribution < -0.4 is 22.9 Å². The second kappa shape index (κ2) is 7.97. The molecule has 0 unspecified atom stereocenters. The minimum atomic E-state index is 0.470. The van der Waals surface area contributed by atoms with Crippen molar-refractivity contribution in [3.63, 3.8) is 0 Å². The van der Waals surface area contributed by atoms with Crippen LogP contribution in [0.3, 0.4) is 0 Å². The summed E-state index contributed by atoms with van der Waals surface area (Å²) in [4.78, 5) is 0. The Morgan fingerprint density at radius 2 is 0.966 bits per heavy atom. The van der Waals surface area contributed by atoms with Crippen molar-refractivity contribution in [1.82, 2.24) is 0 Å². The van der Waals surface area contributed by atoms with E-state index in [2.05, 4.69) is 20.5 Å². The lowest BCUT2D eigenvalue weighted by atomic mass is 10.1. The first-order chi connectivity index (χ1) is 13.7. The molecule has 0 aliphatic rings. The van der Waals surface area contributed by atoms with Crippen molar-refractivity contribution in [1.29, 1.82) is 0 Å². The number of anilines is 4. The van der Waals surface area contributed by atoms with E-state index in [9.17, 15) is 0 Å². The number of aryl methyl sites for hydroxylation is 3. The Morgan fingerprint density at radius 3 is 1.52 bits per heavy atom. The van der Waals surface area contributed by atoms with Gasteiger partial charge in [0.15, 0.2) is 0 Å². The van der Waals surface area contributed by atoms with E-state index in [1.54, 1.807) is 30.3 Å². The molecular weight excluding hydrogens is 364 g/mol. The molecular formula is C21H24N8. The van der Waals surface area contributed by atoms with E-state index in [1.807, 2.05) is 32.9 Å². The minimum absolute atomic E-state index is 0.470. The number of nitrogens with zero attached hydrogens (tertiary/aromatic N) is 4. The van der Waals surface area contributed by atoms with Crippen LogP contribution in [0.15, 0.2) is 62.9 Å². The van der Waals surface area contributed by atoms with Crippen LogP contribution in [0, 0.1) is 20.8 Å². The van der Waals surface area contributed by atoms with Gasteiger partial charge in [-0.15, -0.1) is 10.2 Å². The smallest absolute Gasteiger partial charge is 0.109 e. The highest BCUT2D eigenvalue weighted by atomic mass is 15.1. The maximum absolute atomic E-state index is 5.98. The average Bonchev–Trinajstić information content (AvgIpc) is 2.67. The third kappa shape index (κ3) is 4.49. The van der Waals surface area contributed by atoms with E-state index in [0.29, 0.717) is 45.5 Å². The molecule has 8 nitrogen and oxygen atoms in total. The molecule has 29 heavy (non-hydrogen) atoms. The quantitative estimate of drug-likeness (QED) is 0.331. The van der Waals surface area contributed by atoms with Crippen molar-refractivity contribution >= 4 is 45.5 Å². The van der Waals surface area contributed by atoms with Gasteiger partial charge in [0.2, 0.25) is 0 Å². The average molecular weight is 388 g/mol. The number of hydrogen-bond acceptors (Lipinski definition) is 8. The zero-order valence-electron chi connectivity index (χ0n) is 16.6. The molecule has 8 N–H and O–H groups in total. The first-order valence-corrected chi connectivity index (χ1v) is 9.00. The van der Waals surface area contributed by atoms with Gasteiger partial charge in [0.1, 0.15) is 11.4 Å². The molecule has 0 spiro atoms. The maximum atomic E-state index is 5.98. The Labute approximate surface area is 169 Å². The van der Waals surface area contributed by atoms with Crippen LogP contribution in [0.5, 0.6) is 0 Å². The van der Waals surface area contributed by atoms with E-state index in [1.165, 1.54) is 0 Å². The van der Waals surface area contributed by atoms with E-state index in [4.69, 9.17) is 22.9 Å². The largest absolute Gasteiger partial charge is 0.398 e. The van der Waals surface area contributed by atoms with Gasteiger partial charge in [-0.1, -0.05) is 6.07 Å². The first-order valence-electron chi connectivity index (χ1n) is 9.00. The Bertz CT molecular complexity index is 1130. The van der Waals surface area contributed by atoms with E-state index < -0.39 is 0 Å². The third-order valence-electron chi connectivity index (χ3n) is 4.56. The standard InChI is InChI=1S/C21H24N8/c1-11-4-5-14(26-28-20-6-12(2)15(22)9-17(20)24)8-19(11)27-29-21-7-13(3)16(23)10-18(21)25/h4-10H,22-25H2,1-3H3. The van der Waals surface area contributed by atoms with E-state index in [0.717, 1.165) is 16.7 Å². The molecule has 0 aromatic heterocycles. The molecule has 3 aromatic rings. The number of rotatable bonds is 4. The summed E-state index contributed by atoms with van der Waals surface area (Å²) < 4.78 is 0. The van der Waals surface area contributed by atoms with Gasteiger partial charge in [-0.3, -0.25) is 0 Å². The summed E-state index contributed by atoms with van der Waals surface area (Å²) in [6, 6.07) is 12.5. The lowest BCUT2D eigenvalue weighted by Gasteiger charge is -2.05. The number of nitrogen functional groups attached to an aromatic ring is 4. The van der Waals surface area contributed by atoms with Gasteiger partial charge >= 0.3 is 0 Å². The lowest BCUT2D eigenvalue weighted by molar-refractivity contribution is 1.18. The van der Waals surface area contributed by atoms with Gasteiger partial charge in [-0.25, -0.2) is 0 Å². The third-order valence-corrected chi connectivity index (χ3v) is 4.56. The van der Waals surface area contributed by atoms with Crippen LogP contribution >= 0.6 is 0 Å². The second-order valence-electron chi connectivity index (χ2n) is 6.91. The highest BCUT2D eigenvalue weighted by molar-refractivity contribution is 5.71. The van der Waals surface area contributed by atoms with Crippen molar-refractivity contribution in [2.24, 2.45) is 20.5 Å². The predicted molar refractivity (Wildman–Crippen MR) is 120 cm³/mol. The van der Waals surface area contributed by atoms with Crippen LogP contribution in [0.4, 0.5) is 45.5 Å². The van der Waals surface area contributed by atoms with E-state index >= 15 is 0 Å². The fraction of sp³-hybridized carbons (Fsp3) is 0.143. The second-order valence-corrected chi connectivity index (χ2v) is 6.91. The number of nitrogens with two attached hydrogens (primary N) is 4. The van der Waals surface area contributed by atoms with Crippen LogP contribution in [0.1, 0.15) is 16.7 Å². The summed E-state index contributed by atoms with van der Waals surface area (Å²) in [6.07, 6.45) is 0. The van der Waals surface area contributed by atoms with Gasteiger partial charge in [0.25, 0.3) is 0 Å². The molecule has 0 amide bonds. The van der Waals surface area contributed by atoms with Crippen molar-refractivity contribution in [3.05, 3.63) is 59.2 Å². The number of hydrogen-bond donors (Lipinski definition) is 4. The summed E-state index contributed by atoms with van der Waals surface area (Å²) in [5.41, 5.74) is 31.0. The Morgan fingerprint density at radius 1 is 0.483 bits per heavy atom. The number of azo groups is 2. The summed E-state index contributed by atoms with van der Waals surface area (Å²) in [7, 11) is 0. The minimum Gasteiger partial charge on any atom is -0.398 e. The Kier molecular flexibility index (Phi) is 5.45.